The molecule has 0 unspecified atom stereocenters. The minimum absolute atomic E-state index is 0.00860. The number of halogens is 1. The number of carbonyl (C=O) groups is 2. The van der Waals surface area contributed by atoms with Crippen LogP contribution < -0.4 is 5.32 Å². The SMILES string of the molecule is CCCNC(=O)c1csc(-c2c(-c3ccc(F)cc3)noc2C2CCN(C(=O)CO)CC2)n1. The lowest BCUT2D eigenvalue weighted by Crippen LogP contribution is -2.39. The summed E-state index contributed by atoms with van der Waals surface area (Å²) >= 11 is 1.32. The fraction of sp³-hybridized carbons (Fsp3) is 0.391. The Labute approximate surface area is 194 Å². The highest BCUT2D eigenvalue weighted by Crippen LogP contribution is 2.42. The number of aromatic nitrogens is 2. The van der Waals surface area contributed by atoms with Gasteiger partial charge in [-0.1, -0.05) is 12.1 Å². The number of hydrogen-bond donors (Lipinski definition) is 2. The Kier molecular flexibility index (Phi) is 7.14. The summed E-state index contributed by atoms with van der Waals surface area (Å²) in [5.41, 5.74) is 2.23. The summed E-state index contributed by atoms with van der Waals surface area (Å²) in [6.07, 6.45) is 2.11. The van der Waals surface area contributed by atoms with Gasteiger partial charge in [0.1, 0.15) is 28.8 Å². The highest BCUT2D eigenvalue weighted by atomic mass is 32.1. The number of rotatable bonds is 7. The summed E-state index contributed by atoms with van der Waals surface area (Å²) in [5.74, 6) is -0.252. The second-order valence-corrected chi connectivity index (χ2v) is 8.74. The Morgan fingerprint density at radius 1 is 1.27 bits per heavy atom. The fourth-order valence-corrected chi connectivity index (χ4v) is 4.76. The van der Waals surface area contributed by atoms with Crippen LogP contribution in [0.25, 0.3) is 21.8 Å². The molecular weight excluding hydrogens is 447 g/mol. The van der Waals surface area contributed by atoms with Crippen molar-refractivity contribution in [3.8, 4) is 21.8 Å². The molecule has 0 radical (unpaired) electrons. The number of thiazole rings is 1. The van der Waals surface area contributed by atoms with Gasteiger partial charge in [0.25, 0.3) is 5.91 Å². The average molecular weight is 473 g/mol. The van der Waals surface area contributed by atoms with Crippen LogP contribution in [-0.4, -0.2) is 58.2 Å². The second kappa shape index (κ2) is 10.2. The molecule has 2 amide bonds. The van der Waals surface area contributed by atoms with Crippen LogP contribution in [0.1, 0.15) is 48.4 Å². The zero-order chi connectivity index (χ0) is 23.4. The Bertz CT molecular complexity index is 1120. The number of aliphatic hydroxyl groups excluding tert-OH is 1. The van der Waals surface area contributed by atoms with E-state index in [0.29, 0.717) is 65.8 Å². The molecule has 2 aromatic heterocycles. The van der Waals surface area contributed by atoms with Crippen molar-refractivity contribution in [1.82, 2.24) is 20.4 Å². The number of amides is 2. The van der Waals surface area contributed by atoms with E-state index < -0.39 is 6.61 Å². The van der Waals surface area contributed by atoms with E-state index in [4.69, 9.17) is 9.63 Å². The van der Waals surface area contributed by atoms with Crippen LogP contribution in [0.4, 0.5) is 4.39 Å². The molecule has 1 fully saturated rings. The van der Waals surface area contributed by atoms with E-state index in [0.717, 1.165) is 6.42 Å². The minimum atomic E-state index is -0.505. The molecule has 0 atom stereocenters. The molecule has 1 saturated heterocycles. The standard InChI is InChI=1S/C23H25FN4O4S/c1-2-9-25-22(31)17-13-33-23(26-17)19-20(14-3-5-16(24)6-4-14)27-32-21(19)15-7-10-28(11-8-15)18(30)12-29/h3-6,13,15,29H,2,7-12H2,1H3,(H,25,31). The maximum atomic E-state index is 13.5. The molecule has 3 aromatic rings. The summed E-state index contributed by atoms with van der Waals surface area (Å²) in [6, 6.07) is 5.98. The molecule has 1 aliphatic heterocycles. The largest absolute Gasteiger partial charge is 0.387 e. The quantitative estimate of drug-likeness (QED) is 0.545. The van der Waals surface area contributed by atoms with E-state index in [2.05, 4.69) is 15.5 Å². The maximum Gasteiger partial charge on any atom is 0.270 e. The number of nitrogens with one attached hydrogen (secondary N) is 1. The molecule has 4 rings (SSSR count). The molecule has 1 aromatic carbocycles. The third-order valence-electron chi connectivity index (χ3n) is 5.68. The first-order valence-electron chi connectivity index (χ1n) is 10.9. The third-order valence-corrected chi connectivity index (χ3v) is 6.54. The number of piperidine rings is 1. The van der Waals surface area contributed by atoms with Gasteiger partial charge in [-0.3, -0.25) is 9.59 Å². The van der Waals surface area contributed by atoms with E-state index in [1.54, 1.807) is 22.4 Å². The van der Waals surface area contributed by atoms with E-state index in [-0.39, 0.29) is 23.5 Å². The van der Waals surface area contributed by atoms with Crippen LogP contribution in [0.5, 0.6) is 0 Å². The monoisotopic (exact) mass is 472 g/mol. The van der Waals surface area contributed by atoms with Gasteiger partial charge in [0.2, 0.25) is 5.91 Å². The topological polar surface area (TPSA) is 109 Å². The molecule has 0 bridgehead atoms. The first-order chi connectivity index (χ1) is 16.0. The zero-order valence-corrected chi connectivity index (χ0v) is 19.0. The molecule has 8 nitrogen and oxygen atoms in total. The van der Waals surface area contributed by atoms with E-state index in [1.165, 1.54) is 23.5 Å². The molecule has 174 valence electrons. The molecule has 3 heterocycles. The van der Waals surface area contributed by atoms with Gasteiger partial charge in [0.15, 0.2) is 5.76 Å². The van der Waals surface area contributed by atoms with Crippen molar-refractivity contribution in [3.63, 3.8) is 0 Å². The van der Waals surface area contributed by atoms with Crippen molar-refractivity contribution in [2.45, 2.75) is 32.1 Å². The Morgan fingerprint density at radius 3 is 2.67 bits per heavy atom. The molecular formula is C23H25FN4O4S. The number of aliphatic hydroxyl groups is 1. The number of benzene rings is 1. The molecule has 1 aliphatic rings. The second-order valence-electron chi connectivity index (χ2n) is 7.88. The summed E-state index contributed by atoms with van der Waals surface area (Å²) in [7, 11) is 0. The molecule has 2 N–H and O–H groups in total. The van der Waals surface area contributed by atoms with Crippen molar-refractivity contribution in [3.05, 3.63) is 46.9 Å². The Balaban J connectivity index is 1.69. The van der Waals surface area contributed by atoms with E-state index >= 15 is 0 Å². The summed E-state index contributed by atoms with van der Waals surface area (Å²) in [4.78, 5) is 30.4. The highest BCUT2D eigenvalue weighted by molar-refractivity contribution is 7.13. The number of likely N-dealkylation sites (tertiary alicyclic amines) is 1. The molecule has 0 aliphatic carbocycles. The maximum absolute atomic E-state index is 13.5. The Hall–Kier alpha value is -3.11. The molecule has 10 heteroatoms. The first-order valence-corrected chi connectivity index (χ1v) is 11.8. The zero-order valence-electron chi connectivity index (χ0n) is 18.2. The number of nitrogens with zero attached hydrogens (tertiary/aromatic N) is 3. The van der Waals surface area contributed by atoms with Crippen molar-refractivity contribution in [2.24, 2.45) is 0 Å². The van der Waals surface area contributed by atoms with Crippen LogP contribution in [0, 0.1) is 5.82 Å². The smallest absolute Gasteiger partial charge is 0.270 e. The van der Waals surface area contributed by atoms with Crippen molar-refractivity contribution >= 4 is 23.2 Å². The van der Waals surface area contributed by atoms with Crippen LogP contribution >= 0.6 is 11.3 Å². The van der Waals surface area contributed by atoms with Crippen LogP contribution in [0.15, 0.2) is 34.2 Å². The summed E-state index contributed by atoms with van der Waals surface area (Å²) < 4.78 is 19.3. The van der Waals surface area contributed by atoms with Crippen LogP contribution in [0.3, 0.4) is 0 Å². The van der Waals surface area contributed by atoms with E-state index in [9.17, 15) is 14.0 Å². The predicted molar refractivity (Wildman–Crippen MR) is 121 cm³/mol. The van der Waals surface area contributed by atoms with Gasteiger partial charge in [-0.25, -0.2) is 9.37 Å². The van der Waals surface area contributed by atoms with Gasteiger partial charge in [0.05, 0.1) is 5.56 Å². The van der Waals surface area contributed by atoms with Crippen LogP contribution in [-0.2, 0) is 4.79 Å². The van der Waals surface area contributed by atoms with E-state index in [1.807, 2.05) is 6.92 Å². The first kappa shape index (κ1) is 23.1. The number of carbonyl (C=O) groups excluding carboxylic acids is 2. The van der Waals surface area contributed by atoms with Crippen molar-refractivity contribution < 1.29 is 23.6 Å². The minimum Gasteiger partial charge on any atom is -0.387 e. The van der Waals surface area contributed by atoms with Gasteiger partial charge in [-0.05, 0) is 43.5 Å². The molecule has 0 saturated carbocycles. The molecule has 0 spiro atoms. The lowest BCUT2D eigenvalue weighted by molar-refractivity contribution is -0.135. The van der Waals surface area contributed by atoms with Crippen molar-refractivity contribution in [2.75, 3.05) is 26.2 Å². The van der Waals surface area contributed by atoms with Crippen LogP contribution in [0.2, 0.25) is 0 Å². The summed E-state index contributed by atoms with van der Waals surface area (Å²) in [5, 5.41) is 18.5. The van der Waals surface area contributed by atoms with Gasteiger partial charge >= 0.3 is 0 Å². The lowest BCUT2D eigenvalue weighted by Gasteiger charge is -2.30. The third kappa shape index (κ3) is 4.96. The van der Waals surface area contributed by atoms with Gasteiger partial charge in [0, 0.05) is 36.5 Å². The van der Waals surface area contributed by atoms with Crippen molar-refractivity contribution in [1.29, 1.82) is 0 Å². The number of hydrogen-bond acceptors (Lipinski definition) is 7. The lowest BCUT2D eigenvalue weighted by atomic mass is 9.90. The fourth-order valence-electron chi connectivity index (χ4n) is 3.91. The summed E-state index contributed by atoms with van der Waals surface area (Å²) in [6.45, 7) is 3.03. The highest BCUT2D eigenvalue weighted by Gasteiger charge is 2.32. The molecule has 33 heavy (non-hydrogen) atoms. The van der Waals surface area contributed by atoms with Gasteiger partial charge < -0.3 is 19.8 Å². The van der Waals surface area contributed by atoms with Gasteiger partial charge in [-0.2, -0.15) is 0 Å². The van der Waals surface area contributed by atoms with Gasteiger partial charge in [-0.15, -0.1) is 11.3 Å². The predicted octanol–water partition coefficient (Wildman–Crippen LogP) is 3.44. The Morgan fingerprint density at radius 2 is 2.00 bits per heavy atom. The average Bonchev–Trinajstić information content (AvgIpc) is 3.50. The normalized spacial score (nSPS) is 14.5.